The molecule has 3 rings (SSSR count). The Labute approximate surface area is 127 Å². The lowest BCUT2D eigenvalue weighted by molar-refractivity contribution is 0.262. The molecule has 1 fully saturated rings. The van der Waals surface area contributed by atoms with Crippen LogP contribution in [0.3, 0.4) is 0 Å². The zero-order valence-electron chi connectivity index (χ0n) is 12.3. The molecule has 1 saturated carbocycles. The highest BCUT2D eigenvalue weighted by molar-refractivity contribution is 5.85. The first-order valence-corrected chi connectivity index (χ1v) is 7.25. The highest BCUT2D eigenvalue weighted by Gasteiger charge is 2.38. The van der Waals surface area contributed by atoms with E-state index >= 15 is 0 Å². The van der Waals surface area contributed by atoms with E-state index in [2.05, 4.69) is 17.4 Å². The van der Waals surface area contributed by atoms with Gasteiger partial charge in [-0.15, -0.1) is 12.4 Å². The number of benzene rings is 1. The van der Waals surface area contributed by atoms with Gasteiger partial charge in [-0.25, -0.2) is 0 Å². The molecule has 0 unspecified atom stereocenters. The van der Waals surface area contributed by atoms with Gasteiger partial charge in [0.1, 0.15) is 0 Å². The molecule has 2 aliphatic rings. The van der Waals surface area contributed by atoms with Crippen LogP contribution in [-0.4, -0.2) is 20.8 Å². The number of methoxy groups -OCH3 is 2. The van der Waals surface area contributed by atoms with Crippen molar-refractivity contribution in [3.05, 3.63) is 23.3 Å². The monoisotopic (exact) mass is 297 g/mol. The van der Waals surface area contributed by atoms with Crippen LogP contribution in [0, 0.1) is 0 Å². The highest BCUT2D eigenvalue weighted by Crippen LogP contribution is 2.45. The van der Waals surface area contributed by atoms with Crippen LogP contribution in [0.1, 0.15) is 43.2 Å². The number of fused-ring (bicyclic) bond motifs is 2. The van der Waals surface area contributed by atoms with Crippen LogP contribution in [-0.2, 0) is 12.0 Å². The summed E-state index contributed by atoms with van der Waals surface area (Å²) in [4.78, 5) is 0. The summed E-state index contributed by atoms with van der Waals surface area (Å²) in [7, 11) is 3.43. The number of hydrogen-bond acceptors (Lipinski definition) is 3. The van der Waals surface area contributed by atoms with E-state index in [4.69, 9.17) is 9.47 Å². The van der Waals surface area contributed by atoms with Crippen molar-refractivity contribution < 1.29 is 9.47 Å². The van der Waals surface area contributed by atoms with Crippen molar-refractivity contribution in [2.75, 3.05) is 20.8 Å². The largest absolute Gasteiger partial charge is 0.493 e. The number of ether oxygens (including phenoxy) is 2. The van der Waals surface area contributed by atoms with E-state index in [1.54, 1.807) is 14.2 Å². The maximum atomic E-state index is 5.49. The van der Waals surface area contributed by atoms with Crippen LogP contribution in [0.4, 0.5) is 0 Å². The standard InChI is InChI=1S/C16H23NO2.ClH/c1-18-14-8-12-10-17-11-16(6-4-3-5-7-16)13(12)9-15(14)19-2;/h8-9,17H,3-7,10-11H2,1-2H3;1H. The maximum absolute atomic E-state index is 5.49. The molecule has 0 atom stereocenters. The fraction of sp³-hybridized carbons (Fsp3) is 0.625. The summed E-state index contributed by atoms with van der Waals surface area (Å²) in [6.45, 7) is 2.05. The van der Waals surface area contributed by atoms with Crippen LogP contribution in [0.2, 0.25) is 0 Å². The lowest BCUT2D eigenvalue weighted by Gasteiger charge is -2.42. The van der Waals surface area contributed by atoms with Crippen LogP contribution in [0.25, 0.3) is 0 Å². The summed E-state index contributed by atoms with van der Waals surface area (Å²) in [5.41, 5.74) is 3.19. The molecule has 3 nitrogen and oxygen atoms in total. The molecule has 0 bridgehead atoms. The summed E-state index contributed by atoms with van der Waals surface area (Å²) >= 11 is 0. The number of rotatable bonds is 2. The van der Waals surface area contributed by atoms with Gasteiger partial charge in [-0.2, -0.15) is 0 Å². The summed E-state index contributed by atoms with van der Waals surface area (Å²) in [5.74, 6) is 1.71. The Morgan fingerprint density at radius 3 is 2.30 bits per heavy atom. The molecule has 1 aromatic rings. The van der Waals surface area contributed by atoms with E-state index in [9.17, 15) is 0 Å². The van der Waals surface area contributed by atoms with E-state index in [0.717, 1.165) is 24.6 Å². The van der Waals surface area contributed by atoms with Gasteiger partial charge in [-0.05, 0) is 36.1 Å². The van der Waals surface area contributed by atoms with Gasteiger partial charge in [0.25, 0.3) is 0 Å². The first-order valence-electron chi connectivity index (χ1n) is 7.25. The number of hydrogen-bond donors (Lipinski definition) is 1. The van der Waals surface area contributed by atoms with Crippen molar-refractivity contribution in [2.45, 2.75) is 44.1 Å². The summed E-state index contributed by atoms with van der Waals surface area (Å²) in [6.07, 6.45) is 6.65. The van der Waals surface area contributed by atoms with Gasteiger partial charge in [0.05, 0.1) is 14.2 Å². The minimum Gasteiger partial charge on any atom is -0.493 e. The Hall–Kier alpha value is -0.930. The summed E-state index contributed by atoms with van der Waals surface area (Å²) in [5, 5.41) is 3.59. The molecule has 0 aromatic heterocycles. The van der Waals surface area contributed by atoms with Gasteiger partial charge >= 0.3 is 0 Å². The fourth-order valence-corrected chi connectivity index (χ4v) is 3.77. The van der Waals surface area contributed by atoms with E-state index in [0.29, 0.717) is 5.41 Å². The zero-order chi connectivity index (χ0) is 13.3. The Morgan fingerprint density at radius 1 is 1.00 bits per heavy atom. The van der Waals surface area contributed by atoms with Gasteiger partial charge < -0.3 is 14.8 Å². The molecule has 1 spiro atoms. The van der Waals surface area contributed by atoms with E-state index in [1.807, 2.05) is 0 Å². The SMILES string of the molecule is COc1cc2c(cc1OC)C1(CCCCC1)CNC2.Cl. The van der Waals surface area contributed by atoms with E-state index < -0.39 is 0 Å². The van der Waals surface area contributed by atoms with Crippen molar-refractivity contribution in [1.29, 1.82) is 0 Å². The molecule has 0 amide bonds. The smallest absolute Gasteiger partial charge is 0.161 e. The lowest BCUT2D eigenvalue weighted by Crippen LogP contribution is -2.44. The predicted octanol–water partition coefficient (Wildman–Crippen LogP) is 3.43. The molecule has 1 aliphatic heterocycles. The van der Waals surface area contributed by atoms with Crippen molar-refractivity contribution in [2.24, 2.45) is 0 Å². The molecule has 4 heteroatoms. The topological polar surface area (TPSA) is 30.5 Å². The number of nitrogens with one attached hydrogen (secondary N) is 1. The molecule has 1 heterocycles. The minimum atomic E-state index is 0. The molecule has 1 aromatic carbocycles. The number of halogens is 1. The fourth-order valence-electron chi connectivity index (χ4n) is 3.77. The lowest BCUT2D eigenvalue weighted by atomic mass is 9.66. The third-order valence-corrected chi connectivity index (χ3v) is 4.77. The molecule has 0 radical (unpaired) electrons. The van der Waals surface area contributed by atoms with Crippen LogP contribution >= 0.6 is 12.4 Å². The quantitative estimate of drug-likeness (QED) is 0.907. The molecule has 20 heavy (non-hydrogen) atoms. The van der Waals surface area contributed by atoms with Gasteiger partial charge in [-0.1, -0.05) is 19.3 Å². The Morgan fingerprint density at radius 2 is 1.65 bits per heavy atom. The Balaban J connectivity index is 0.00000147. The second kappa shape index (κ2) is 6.23. The third-order valence-electron chi connectivity index (χ3n) is 4.77. The van der Waals surface area contributed by atoms with Gasteiger partial charge in [-0.3, -0.25) is 0 Å². The second-order valence-electron chi connectivity index (χ2n) is 5.81. The molecular formula is C16H24ClNO2. The Bertz CT molecular complexity index is 470. The van der Waals surface area contributed by atoms with Gasteiger partial charge in [0.15, 0.2) is 11.5 Å². The first-order chi connectivity index (χ1) is 9.29. The first kappa shape index (κ1) is 15.5. The van der Waals surface area contributed by atoms with E-state index in [-0.39, 0.29) is 12.4 Å². The Kier molecular flexibility index (Phi) is 4.82. The van der Waals surface area contributed by atoms with Gasteiger partial charge in [0.2, 0.25) is 0 Å². The van der Waals surface area contributed by atoms with Crippen molar-refractivity contribution >= 4 is 12.4 Å². The average molecular weight is 298 g/mol. The molecule has 1 aliphatic carbocycles. The average Bonchev–Trinajstić information content (AvgIpc) is 2.47. The summed E-state index contributed by atoms with van der Waals surface area (Å²) < 4.78 is 10.9. The predicted molar refractivity (Wildman–Crippen MR) is 83.3 cm³/mol. The minimum absolute atomic E-state index is 0. The molecule has 1 N–H and O–H groups in total. The molecule has 112 valence electrons. The summed E-state index contributed by atoms with van der Waals surface area (Å²) in [6, 6.07) is 4.37. The van der Waals surface area contributed by atoms with Crippen molar-refractivity contribution in [3.63, 3.8) is 0 Å². The normalized spacial score (nSPS) is 19.9. The van der Waals surface area contributed by atoms with Crippen LogP contribution < -0.4 is 14.8 Å². The third kappa shape index (κ3) is 2.49. The van der Waals surface area contributed by atoms with Crippen molar-refractivity contribution in [3.8, 4) is 11.5 Å². The molecular weight excluding hydrogens is 274 g/mol. The molecule has 0 saturated heterocycles. The van der Waals surface area contributed by atoms with E-state index in [1.165, 1.54) is 43.2 Å². The maximum Gasteiger partial charge on any atom is 0.161 e. The zero-order valence-corrected chi connectivity index (χ0v) is 13.1. The van der Waals surface area contributed by atoms with Crippen LogP contribution in [0.15, 0.2) is 12.1 Å². The highest BCUT2D eigenvalue weighted by atomic mass is 35.5. The van der Waals surface area contributed by atoms with Gasteiger partial charge in [0, 0.05) is 18.5 Å². The van der Waals surface area contributed by atoms with Crippen molar-refractivity contribution in [1.82, 2.24) is 5.32 Å². The second-order valence-corrected chi connectivity index (χ2v) is 5.81. The van der Waals surface area contributed by atoms with Crippen LogP contribution in [0.5, 0.6) is 11.5 Å².